The van der Waals surface area contributed by atoms with Gasteiger partial charge in [-0.2, -0.15) is 0 Å². The number of carbonyl (C=O) groups excluding carboxylic acids is 2. The second-order valence-electron chi connectivity index (χ2n) is 3.61. The van der Waals surface area contributed by atoms with Crippen molar-refractivity contribution in [2.75, 3.05) is 14.2 Å². The molecular formula is C10H19NO4. The van der Waals surface area contributed by atoms with E-state index in [-0.39, 0.29) is 17.8 Å². The van der Waals surface area contributed by atoms with Gasteiger partial charge >= 0.3 is 6.09 Å². The minimum absolute atomic E-state index is 0.0743. The summed E-state index contributed by atoms with van der Waals surface area (Å²) in [5.41, 5.74) is 0. The van der Waals surface area contributed by atoms with Crippen molar-refractivity contribution in [3.05, 3.63) is 0 Å². The Balaban J connectivity index is 4.58. The van der Waals surface area contributed by atoms with E-state index in [4.69, 9.17) is 4.74 Å². The Labute approximate surface area is 90.1 Å². The number of ketones is 1. The SMILES string of the molecule is COC(=O)N[C@H](C(=O)C(C)C)[C@@H](C)OC. The number of alkyl carbamates (subject to hydrolysis) is 1. The van der Waals surface area contributed by atoms with E-state index in [2.05, 4.69) is 10.1 Å². The number of nitrogens with one attached hydrogen (secondary N) is 1. The first-order chi connectivity index (χ1) is 6.93. The Kier molecular flexibility index (Phi) is 5.93. The number of Topliss-reactive ketones (excluding diaryl/α,β-unsaturated/α-hetero) is 1. The minimum atomic E-state index is -0.664. The average Bonchev–Trinajstić information content (AvgIpc) is 2.23. The molecule has 0 aromatic rings. The number of carbonyl (C=O) groups is 2. The van der Waals surface area contributed by atoms with Crippen LogP contribution in [0.5, 0.6) is 0 Å². The molecule has 0 aromatic carbocycles. The number of ether oxygens (including phenoxy) is 2. The molecule has 15 heavy (non-hydrogen) atoms. The summed E-state index contributed by atoms with van der Waals surface area (Å²) in [5, 5.41) is 2.46. The van der Waals surface area contributed by atoms with E-state index in [0.29, 0.717) is 0 Å². The van der Waals surface area contributed by atoms with Gasteiger partial charge in [0.15, 0.2) is 5.78 Å². The molecule has 0 saturated heterocycles. The van der Waals surface area contributed by atoms with Gasteiger partial charge in [-0.25, -0.2) is 4.79 Å². The first-order valence-corrected chi connectivity index (χ1v) is 4.85. The van der Waals surface area contributed by atoms with E-state index in [1.54, 1.807) is 20.8 Å². The summed E-state index contributed by atoms with van der Waals surface area (Å²) in [6.45, 7) is 5.27. The summed E-state index contributed by atoms with van der Waals surface area (Å²) in [4.78, 5) is 22.8. The van der Waals surface area contributed by atoms with E-state index in [0.717, 1.165) is 0 Å². The summed E-state index contributed by atoms with van der Waals surface area (Å²) in [5.74, 6) is -0.237. The molecule has 0 radical (unpaired) electrons. The van der Waals surface area contributed by atoms with Crippen LogP contribution in [0.4, 0.5) is 4.79 Å². The highest BCUT2D eigenvalue weighted by Crippen LogP contribution is 2.06. The Hall–Kier alpha value is -1.10. The molecule has 5 heteroatoms. The molecule has 0 aliphatic heterocycles. The number of hydrogen-bond acceptors (Lipinski definition) is 4. The first-order valence-electron chi connectivity index (χ1n) is 4.85. The van der Waals surface area contributed by atoms with Crippen LogP contribution in [0.1, 0.15) is 20.8 Å². The van der Waals surface area contributed by atoms with Crippen LogP contribution in [0.25, 0.3) is 0 Å². The number of hydrogen-bond donors (Lipinski definition) is 1. The molecule has 2 atom stereocenters. The van der Waals surface area contributed by atoms with E-state index >= 15 is 0 Å². The fraction of sp³-hybridized carbons (Fsp3) is 0.800. The highest BCUT2D eigenvalue weighted by molar-refractivity contribution is 5.89. The van der Waals surface area contributed by atoms with Crippen LogP contribution >= 0.6 is 0 Å². The summed E-state index contributed by atoms with van der Waals surface area (Å²) >= 11 is 0. The Morgan fingerprint density at radius 2 is 1.67 bits per heavy atom. The minimum Gasteiger partial charge on any atom is -0.453 e. The first kappa shape index (κ1) is 13.9. The third-order valence-electron chi connectivity index (χ3n) is 2.18. The van der Waals surface area contributed by atoms with Gasteiger partial charge in [0.1, 0.15) is 6.04 Å². The van der Waals surface area contributed by atoms with Gasteiger partial charge in [-0.1, -0.05) is 13.8 Å². The van der Waals surface area contributed by atoms with Gasteiger partial charge in [0.05, 0.1) is 13.2 Å². The highest BCUT2D eigenvalue weighted by Gasteiger charge is 2.28. The normalized spacial score (nSPS) is 14.5. The number of amides is 1. The summed E-state index contributed by atoms with van der Waals surface area (Å²) in [6.07, 6.45) is -1.00. The molecule has 0 rings (SSSR count). The van der Waals surface area contributed by atoms with Crippen molar-refractivity contribution in [1.29, 1.82) is 0 Å². The van der Waals surface area contributed by atoms with Crippen molar-refractivity contribution < 1.29 is 19.1 Å². The highest BCUT2D eigenvalue weighted by atomic mass is 16.5. The molecule has 5 nitrogen and oxygen atoms in total. The van der Waals surface area contributed by atoms with E-state index in [9.17, 15) is 9.59 Å². The molecule has 1 N–H and O–H groups in total. The van der Waals surface area contributed by atoms with Crippen molar-refractivity contribution in [3.63, 3.8) is 0 Å². The molecule has 0 spiro atoms. The summed E-state index contributed by atoms with van der Waals surface area (Å²) in [6, 6.07) is -0.664. The van der Waals surface area contributed by atoms with Gasteiger partial charge in [-0.05, 0) is 6.92 Å². The third kappa shape index (κ3) is 4.29. The zero-order chi connectivity index (χ0) is 12.0. The van der Waals surface area contributed by atoms with Gasteiger partial charge in [-0.3, -0.25) is 4.79 Å². The van der Waals surface area contributed by atoms with Gasteiger partial charge < -0.3 is 14.8 Å². The van der Waals surface area contributed by atoms with Crippen molar-refractivity contribution >= 4 is 11.9 Å². The molecule has 0 heterocycles. The third-order valence-corrected chi connectivity index (χ3v) is 2.18. The van der Waals surface area contributed by atoms with E-state index < -0.39 is 12.1 Å². The lowest BCUT2D eigenvalue weighted by molar-refractivity contribution is -0.126. The molecule has 0 unspecified atom stereocenters. The van der Waals surface area contributed by atoms with Crippen molar-refractivity contribution in [2.24, 2.45) is 5.92 Å². The van der Waals surface area contributed by atoms with Gasteiger partial charge in [-0.15, -0.1) is 0 Å². The standard InChI is InChI=1S/C10H19NO4/c1-6(2)9(12)8(7(3)14-4)11-10(13)15-5/h6-8H,1-5H3,(H,11,13)/t7-,8+/m1/s1. The van der Waals surface area contributed by atoms with Gasteiger partial charge in [0.25, 0.3) is 0 Å². The second-order valence-corrected chi connectivity index (χ2v) is 3.61. The molecule has 0 bridgehead atoms. The predicted octanol–water partition coefficient (Wildman–Crippen LogP) is 0.971. The monoisotopic (exact) mass is 217 g/mol. The van der Waals surface area contributed by atoms with Crippen LogP contribution in [0.2, 0.25) is 0 Å². The second kappa shape index (κ2) is 6.40. The summed E-state index contributed by atoms with van der Waals surface area (Å²) in [7, 11) is 2.74. The zero-order valence-electron chi connectivity index (χ0n) is 9.87. The Morgan fingerprint density at radius 3 is 2.00 bits per heavy atom. The van der Waals surface area contributed by atoms with Gasteiger partial charge in [0.2, 0.25) is 0 Å². The fourth-order valence-electron chi connectivity index (χ4n) is 1.10. The predicted molar refractivity (Wildman–Crippen MR) is 55.6 cm³/mol. The molecule has 0 aliphatic carbocycles. The quantitative estimate of drug-likeness (QED) is 0.745. The van der Waals surface area contributed by atoms with Crippen LogP contribution < -0.4 is 5.32 Å². The van der Waals surface area contributed by atoms with Crippen LogP contribution in [-0.2, 0) is 14.3 Å². The number of rotatable bonds is 5. The Bertz CT molecular complexity index is 227. The molecule has 0 aromatic heterocycles. The van der Waals surface area contributed by atoms with Crippen molar-refractivity contribution in [3.8, 4) is 0 Å². The van der Waals surface area contributed by atoms with Gasteiger partial charge in [0, 0.05) is 13.0 Å². The van der Waals surface area contributed by atoms with Crippen LogP contribution in [0, 0.1) is 5.92 Å². The maximum Gasteiger partial charge on any atom is 0.407 e. The largest absolute Gasteiger partial charge is 0.453 e. The molecule has 0 saturated carbocycles. The maximum absolute atomic E-state index is 11.7. The van der Waals surface area contributed by atoms with Crippen LogP contribution in [0.3, 0.4) is 0 Å². The average molecular weight is 217 g/mol. The molecular weight excluding hydrogens is 198 g/mol. The molecule has 88 valence electrons. The van der Waals surface area contributed by atoms with Crippen molar-refractivity contribution in [1.82, 2.24) is 5.32 Å². The van der Waals surface area contributed by atoms with Crippen LogP contribution in [-0.4, -0.2) is 38.2 Å². The van der Waals surface area contributed by atoms with E-state index in [1.165, 1.54) is 14.2 Å². The van der Waals surface area contributed by atoms with Crippen molar-refractivity contribution in [2.45, 2.75) is 32.9 Å². The molecule has 0 fully saturated rings. The Morgan fingerprint density at radius 1 is 1.13 bits per heavy atom. The molecule has 0 aliphatic rings. The maximum atomic E-state index is 11.7. The van der Waals surface area contributed by atoms with E-state index in [1.807, 2.05) is 0 Å². The summed E-state index contributed by atoms with van der Waals surface area (Å²) < 4.78 is 9.49. The topological polar surface area (TPSA) is 64.6 Å². The zero-order valence-corrected chi connectivity index (χ0v) is 9.87. The van der Waals surface area contributed by atoms with Crippen LogP contribution in [0.15, 0.2) is 0 Å². The lowest BCUT2D eigenvalue weighted by Gasteiger charge is -2.23. The fourth-order valence-corrected chi connectivity index (χ4v) is 1.10. The lowest BCUT2D eigenvalue weighted by atomic mass is 9.98. The molecule has 1 amide bonds. The number of methoxy groups -OCH3 is 2. The smallest absolute Gasteiger partial charge is 0.407 e. The lowest BCUT2D eigenvalue weighted by Crippen LogP contribution is -2.49.